The number of aromatic nitrogens is 1. The Morgan fingerprint density at radius 2 is 2.07 bits per heavy atom. The van der Waals surface area contributed by atoms with Gasteiger partial charge in [0.2, 0.25) is 0 Å². The van der Waals surface area contributed by atoms with Gasteiger partial charge in [-0.15, -0.1) is 0 Å². The molecule has 72 valence electrons. The SMILES string of the molecule is CC(C)c1cnc2c(c1)=CC1CC1C=2. The molecule has 1 heteroatoms. The molecule has 1 aromatic rings. The molecule has 1 heterocycles. The van der Waals surface area contributed by atoms with Crippen molar-refractivity contribution >= 4 is 12.2 Å². The normalized spacial score (nSPS) is 27.4. The van der Waals surface area contributed by atoms with Gasteiger partial charge in [-0.05, 0) is 41.0 Å². The molecule has 0 spiro atoms. The van der Waals surface area contributed by atoms with Gasteiger partial charge in [-0.2, -0.15) is 0 Å². The molecule has 0 saturated heterocycles. The van der Waals surface area contributed by atoms with Crippen LogP contribution < -0.4 is 10.6 Å². The van der Waals surface area contributed by atoms with Crippen LogP contribution in [-0.2, 0) is 0 Å². The zero-order valence-electron chi connectivity index (χ0n) is 8.70. The molecular weight excluding hydrogens is 170 g/mol. The average Bonchev–Trinajstić information content (AvgIpc) is 2.90. The zero-order chi connectivity index (χ0) is 9.71. The van der Waals surface area contributed by atoms with Gasteiger partial charge in [0.1, 0.15) is 0 Å². The van der Waals surface area contributed by atoms with Gasteiger partial charge in [-0.3, -0.25) is 4.98 Å². The van der Waals surface area contributed by atoms with Crippen molar-refractivity contribution in [2.45, 2.75) is 26.2 Å². The van der Waals surface area contributed by atoms with Crippen LogP contribution in [0.15, 0.2) is 12.3 Å². The van der Waals surface area contributed by atoms with Crippen LogP contribution in [-0.4, -0.2) is 4.98 Å². The predicted octanol–water partition coefficient (Wildman–Crippen LogP) is 1.42. The summed E-state index contributed by atoms with van der Waals surface area (Å²) in [6.45, 7) is 4.44. The second-order valence-corrected chi connectivity index (χ2v) is 4.79. The molecule has 0 N–H and O–H groups in total. The molecule has 3 rings (SSSR count). The Morgan fingerprint density at radius 1 is 1.29 bits per heavy atom. The maximum Gasteiger partial charge on any atom is 0.0662 e. The fraction of sp³-hybridized carbons (Fsp3) is 0.462. The summed E-state index contributed by atoms with van der Waals surface area (Å²) in [5.74, 6) is 2.21. The Hall–Kier alpha value is -1.11. The highest BCUT2D eigenvalue weighted by molar-refractivity contribution is 5.48. The summed E-state index contributed by atoms with van der Waals surface area (Å²) in [6.07, 6.45) is 8.10. The molecule has 1 aromatic heterocycles. The van der Waals surface area contributed by atoms with E-state index >= 15 is 0 Å². The standard InChI is InChI=1S/C13H15N/c1-8(2)12-5-11-4-9-3-10(9)6-13(11)14-7-12/h4-10H,3H2,1-2H3. The fourth-order valence-corrected chi connectivity index (χ4v) is 2.15. The largest absolute Gasteiger partial charge is 0.256 e. The lowest BCUT2D eigenvalue weighted by Gasteiger charge is -2.05. The highest BCUT2D eigenvalue weighted by Gasteiger charge is 2.34. The summed E-state index contributed by atoms with van der Waals surface area (Å²) in [6, 6.07) is 2.30. The highest BCUT2D eigenvalue weighted by atomic mass is 14.7. The van der Waals surface area contributed by atoms with E-state index in [1.54, 1.807) is 0 Å². The molecule has 0 amide bonds. The van der Waals surface area contributed by atoms with Crippen LogP contribution >= 0.6 is 0 Å². The van der Waals surface area contributed by atoms with Crippen molar-refractivity contribution in [1.82, 2.24) is 4.98 Å². The van der Waals surface area contributed by atoms with E-state index in [4.69, 9.17) is 0 Å². The second-order valence-electron chi connectivity index (χ2n) is 4.79. The molecule has 1 fully saturated rings. The van der Waals surface area contributed by atoms with Gasteiger partial charge in [0.15, 0.2) is 0 Å². The van der Waals surface area contributed by atoms with Crippen molar-refractivity contribution in [2.75, 3.05) is 0 Å². The van der Waals surface area contributed by atoms with Crippen LogP contribution in [0, 0.1) is 11.8 Å². The Balaban J connectivity index is 2.20. The van der Waals surface area contributed by atoms with Gasteiger partial charge in [-0.25, -0.2) is 0 Å². The van der Waals surface area contributed by atoms with Crippen LogP contribution in [0.5, 0.6) is 0 Å². The minimum Gasteiger partial charge on any atom is -0.256 e. The van der Waals surface area contributed by atoms with Crippen molar-refractivity contribution in [1.29, 1.82) is 0 Å². The molecule has 0 aromatic carbocycles. The third-order valence-corrected chi connectivity index (χ3v) is 3.29. The Morgan fingerprint density at radius 3 is 2.86 bits per heavy atom. The lowest BCUT2D eigenvalue weighted by Crippen LogP contribution is -2.31. The summed E-state index contributed by atoms with van der Waals surface area (Å²) in [5, 5.41) is 2.56. The van der Waals surface area contributed by atoms with Gasteiger partial charge in [0, 0.05) is 6.20 Å². The van der Waals surface area contributed by atoms with Gasteiger partial charge in [0.05, 0.1) is 5.35 Å². The topological polar surface area (TPSA) is 12.9 Å². The first kappa shape index (κ1) is 8.22. The minimum atomic E-state index is 0.582. The van der Waals surface area contributed by atoms with E-state index in [-0.39, 0.29) is 0 Å². The Kier molecular flexibility index (Phi) is 1.58. The molecule has 2 atom stereocenters. The third kappa shape index (κ3) is 1.19. The molecule has 0 radical (unpaired) electrons. The fourth-order valence-electron chi connectivity index (χ4n) is 2.15. The number of hydrogen-bond donors (Lipinski definition) is 0. The van der Waals surface area contributed by atoms with E-state index in [0.717, 1.165) is 11.8 Å². The lowest BCUT2D eigenvalue weighted by molar-refractivity contribution is 0.851. The van der Waals surface area contributed by atoms with Crippen molar-refractivity contribution in [3.8, 4) is 0 Å². The zero-order valence-corrected chi connectivity index (χ0v) is 8.70. The minimum absolute atomic E-state index is 0.582. The monoisotopic (exact) mass is 185 g/mol. The van der Waals surface area contributed by atoms with Gasteiger partial charge >= 0.3 is 0 Å². The summed E-state index contributed by atoms with van der Waals surface area (Å²) in [7, 11) is 0. The summed E-state index contributed by atoms with van der Waals surface area (Å²) < 4.78 is 0. The second kappa shape index (κ2) is 2.69. The summed E-state index contributed by atoms with van der Waals surface area (Å²) in [4.78, 5) is 4.53. The number of pyridine rings is 1. The smallest absolute Gasteiger partial charge is 0.0662 e. The van der Waals surface area contributed by atoms with Crippen molar-refractivity contribution in [2.24, 2.45) is 11.8 Å². The molecular formula is C13H15N. The Labute approximate surface area is 84.2 Å². The molecule has 2 unspecified atom stereocenters. The van der Waals surface area contributed by atoms with Crippen LogP contribution in [0.3, 0.4) is 0 Å². The number of rotatable bonds is 1. The molecule has 2 aliphatic rings. The average molecular weight is 185 g/mol. The molecule has 1 saturated carbocycles. The van der Waals surface area contributed by atoms with E-state index in [9.17, 15) is 0 Å². The summed E-state index contributed by atoms with van der Waals surface area (Å²) >= 11 is 0. The van der Waals surface area contributed by atoms with E-state index in [2.05, 4.69) is 37.0 Å². The first-order valence-corrected chi connectivity index (χ1v) is 5.44. The van der Waals surface area contributed by atoms with Crippen LogP contribution in [0.25, 0.3) is 12.2 Å². The molecule has 0 bridgehead atoms. The van der Waals surface area contributed by atoms with Crippen LogP contribution in [0.2, 0.25) is 0 Å². The van der Waals surface area contributed by atoms with E-state index in [1.807, 2.05) is 6.20 Å². The van der Waals surface area contributed by atoms with Crippen molar-refractivity contribution in [3.05, 3.63) is 28.4 Å². The molecule has 1 nitrogen and oxygen atoms in total. The number of nitrogens with zero attached hydrogens (tertiary/aromatic N) is 1. The number of hydrogen-bond acceptors (Lipinski definition) is 1. The maximum atomic E-state index is 4.53. The summed E-state index contributed by atoms with van der Waals surface area (Å²) in [5.41, 5.74) is 1.35. The predicted molar refractivity (Wildman–Crippen MR) is 58.1 cm³/mol. The van der Waals surface area contributed by atoms with Crippen molar-refractivity contribution in [3.63, 3.8) is 0 Å². The van der Waals surface area contributed by atoms with E-state index in [0.29, 0.717) is 5.92 Å². The van der Waals surface area contributed by atoms with Crippen LogP contribution in [0.1, 0.15) is 31.7 Å². The van der Waals surface area contributed by atoms with Crippen LogP contribution in [0.4, 0.5) is 0 Å². The van der Waals surface area contributed by atoms with E-state index < -0.39 is 0 Å². The number of fused-ring (bicyclic) bond motifs is 2. The quantitative estimate of drug-likeness (QED) is 0.644. The lowest BCUT2D eigenvalue weighted by atomic mass is 10.0. The first-order chi connectivity index (χ1) is 6.74. The third-order valence-electron chi connectivity index (χ3n) is 3.29. The Bertz CT molecular complexity index is 484. The maximum absolute atomic E-state index is 4.53. The van der Waals surface area contributed by atoms with E-state index in [1.165, 1.54) is 22.6 Å². The highest BCUT2D eigenvalue weighted by Crippen LogP contribution is 2.41. The first-order valence-electron chi connectivity index (χ1n) is 5.44. The van der Waals surface area contributed by atoms with Gasteiger partial charge in [-0.1, -0.05) is 26.0 Å². The van der Waals surface area contributed by atoms with Gasteiger partial charge in [0.25, 0.3) is 0 Å². The molecule has 14 heavy (non-hydrogen) atoms. The molecule has 0 aliphatic heterocycles. The van der Waals surface area contributed by atoms with Gasteiger partial charge < -0.3 is 0 Å². The molecule has 2 aliphatic carbocycles. The van der Waals surface area contributed by atoms with Crippen molar-refractivity contribution < 1.29 is 0 Å².